The van der Waals surface area contributed by atoms with Crippen LogP contribution < -0.4 is 0 Å². The molecule has 0 aliphatic carbocycles. The number of rotatable bonds is 5. The van der Waals surface area contributed by atoms with Gasteiger partial charge in [0.15, 0.2) is 5.82 Å². The Kier molecular flexibility index (Phi) is 4.62. The Labute approximate surface area is 143 Å². The summed E-state index contributed by atoms with van der Waals surface area (Å²) in [6, 6.07) is 9.82. The van der Waals surface area contributed by atoms with Gasteiger partial charge in [0.25, 0.3) is 0 Å². The lowest BCUT2D eigenvalue weighted by molar-refractivity contribution is 0.319. The van der Waals surface area contributed by atoms with Crippen LogP contribution in [-0.2, 0) is 27.7 Å². The molecule has 0 fully saturated rings. The minimum atomic E-state index is -1.12. The van der Waals surface area contributed by atoms with E-state index in [1.807, 2.05) is 57.3 Å². The summed E-state index contributed by atoms with van der Waals surface area (Å²) in [6.45, 7) is 6.00. The maximum Gasteiger partial charge on any atom is 0.232 e. The molecule has 0 spiro atoms. The molecule has 0 aliphatic rings. The second-order valence-corrected chi connectivity index (χ2v) is 8.08. The first-order chi connectivity index (χ1) is 11.4. The smallest absolute Gasteiger partial charge is 0.232 e. The fourth-order valence-corrected chi connectivity index (χ4v) is 3.18. The van der Waals surface area contributed by atoms with E-state index in [0.29, 0.717) is 17.5 Å². The zero-order valence-electron chi connectivity index (χ0n) is 14.0. The first kappa shape index (κ1) is 16.6. The average molecular weight is 344 g/mol. The average Bonchev–Trinajstić information content (AvgIpc) is 3.17. The monoisotopic (exact) mass is 344 g/mol. The molecule has 1 aromatic carbocycles. The second kappa shape index (κ2) is 6.68. The van der Waals surface area contributed by atoms with Gasteiger partial charge in [-0.25, -0.2) is 4.68 Å². The van der Waals surface area contributed by atoms with Gasteiger partial charge < -0.3 is 4.52 Å². The molecule has 0 saturated heterocycles. The molecule has 6 nitrogen and oxygen atoms in total. The Bertz CT molecular complexity index is 834. The fraction of sp³-hybridized carbons (Fsp3) is 0.353. The molecular formula is C17H20N4O2S. The maximum absolute atomic E-state index is 12.3. The third-order valence-electron chi connectivity index (χ3n) is 3.38. The summed E-state index contributed by atoms with van der Waals surface area (Å²) in [5.74, 6) is 1.72. The van der Waals surface area contributed by atoms with Gasteiger partial charge in [0.05, 0.1) is 23.4 Å². The highest BCUT2D eigenvalue weighted by Crippen LogP contribution is 2.20. The Morgan fingerprint density at radius 3 is 2.58 bits per heavy atom. The molecule has 0 saturated carbocycles. The predicted octanol–water partition coefficient (Wildman–Crippen LogP) is 3.00. The van der Waals surface area contributed by atoms with Crippen LogP contribution in [0.3, 0.4) is 0 Å². The molecule has 0 aliphatic heterocycles. The molecule has 3 rings (SSSR count). The molecule has 0 N–H and O–H groups in total. The first-order valence-electron chi connectivity index (χ1n) is 7.69. The molecule has 1 atom stereocenters. The van der Waals surface area contributed by atoms with Gasteiger partial charge in [0, 0.05) is 28.0 Å². The van der Waals surface area contributed by atoms with Crippen molar-refractivity contribution in [3.05, 3.63) is 60.0 Å². The van der Waals surface area contributed by atoms with E-state index >= 15 is 0 Å². The molecular weight excluding hydrogens is 324 g/mol. The quantitative estimate of drug-likeness (QED) is 0.711. The maximum atomic E-state index is 12.3. The van der Waals surface area contributed by atoms with Crippen molar-refractivity contribution in [1.29, 1.82) is 0 Å². The van der Waals surface area contributed by atoms with Crippen molar-refractivity contribution in [2.24, 2.45) is 0 Å². The van der Waals surface area contributed by atoms with Crippen LogP contribution in [0, 0.1) is 0 Å². The van der Waals surface area contributed by atoms with Crippen LogP contribution in [-0.4, -0.2) is 24.1 Å². The minimum absolute atomic E-state index is 0.205. The van der Waals surface area contributed by atoms with Crippen molar-refractivity contribution >= 4 is 10.8 Å². The molecule has 0 amide bonds. The van der Waals surface area contributed by atoms with Crippen LogP contribution in [0.25, 0.3) is 5.69 Å². The lowest BCUT2D eigenvalue weighted by Gasteiger charge is -2.10. The van der Waals surface area contributed by atoms with Gasteiger partial charge in [0.1, 0.15) is 0 Å². The summed E-state index contributed by atoms with van der Waals surface area (Å²) in [6.07, 6.45) is 3.63. The summed E-state index contributed by atoms with van der Waals surface area (Å²) < 4.78 is 19.3. The lowest BCUT2D eigenvalue weighted by atomic mass is 9.97. The van der Waals surface area contributed by atoms with E-state index < -0.39 is 10.8 Å². The van der Waals surface area contributed by atoms with Crippen molar-refractivity contribution in [3.8, 4) is 5.69 Å². The molecule has 24 heavy (non-hydrogen) atoms. The SMILES string of the molecule is CC(C)(C)c1nc(C[S@](=O)Cc2cnn(-c3ccccc3)c2)no1. The first-order valence-corrected chi connectivity index (χ1v) is 9.17. The topological polar surface area (TPSA) is 73.8 Å². The summed E-state index contributed by atoms with van der Waals surface area (Å²) in [7, 11) is -1.12. The van der Waals surface area contributed by atoms with E-state index in [-0.39, 0.29) is 11.2 Å². The summed E-state index contributed by atoms with van der Waals surface area (Å²) in [5, 5.41) is 8.23. The zero-order chi connectivity index (χ0) is 17.2. The number of para-hydroxylation sites is 1. The number of nitrogens with zero attached hydrogens (tertiary/aromatic N) is 4. The Hall–Kier alpha value is -2.28. The van der Waals surface area contributed by atoms with E-state index in [0.717, 1.165) is 11.3 Å². The highest BCUT2D eigenvalue weighted by molar-refractivity contribution is 7.83. The van der Waals surface area contributed by atoms with Gasteiger partial charge in [-0.3, -0.25) is 4.21 Å². The zero-order valence-corrected chi connectivity index (χ0v) is 14.8. The molecule has 2 heterocycles. The van der Waals surface area contributed by atoms with E-state index in [1.54, 1.807) is 10.9 Å². The van der Waals surface area contributed by atoms with Crippen LogP contribution in [0.2, 0.25) is 0 Å². The fourth-order valence-electron chi connectivity index (χ4n) is 2.15. The van der Waals surface area contributed by atoms with Gasteiger partial charge in [0.2, 0.25) is 5.89 Å². The molecule has 2 aromatic heterocycles. The van der Waals surface area contributed by atoms with Gasteiger partial charge >= 0.3 is 0 Å². The number of hydrogen-bond donors (Lipinski definition) is 0. The van der Waals surface area contributed by atoms with E-state index in [2.05, 4.69) is 15.2 Å². The highest BCUT2D eigenvalue weighted by atomic mass is 32.2. The number of benzene rings is 1. The standard InChI is InChI=1S/C17H20N4O2S/c1-17(2,3)16-19-15(20-23-16)12-24(22)11-13-9-18-21(10-13)14-7-5-4-6-8-14/h4-10H,11-12H2,1-3H3/t24-/m1/s1. The predicted molar refractivity (Wildman–Crippen MR) is 92.1 cm³/mol. The van der Waals surface area contributed by atoms with Gasteiger partial charge in [-0.1, -0.05) is 44.1 Å². The van der Waals surface area contributed by atoms with Crippen LogP contribution in [0.5, 0.6) is 0 Å². The van der Waals surface area contributed by atoms with Crippen LogP contribution in [0.15, 0.2) is 47.2 Å². The van der Waals surface area contributed by atoms with Crippen molar-refractivity contribution in [2.75, 3.05) is 0 Å². The molecule has 7 heteroatoms. The molecule has 0 radical (unpaired) electrons. The molecule has 3 aromatic rings. The molecule has 0 unspecified atom stereocenters. The summed E-state index contributed by atoms with van der Waals surface area (Å²) in [5.41, 5.74) is 1.68. The third kappa shape index (κ3) is 3.97. The van der Waals surface area contributed by atoms with Crippen molar-refractivity contribution in [1.82, 2.24) is 19.9 Å². The number of aromatic nitrogens is 4. The Balaban J connectivity index is 1.63. The van der Waals surface area contributed by atoms with E-state index in [1.165, 1.54) is 0 Å². The van der Waals surface area contributed by atoms with Crippen molar-refractivity contribution in [3.63, 3.8) is 0 Å². The highest BCUT2D eigenvalue weighted by Gasteiger charge is 2.22. The van der Waals surface area contributed by atoms with Gasteiger partial charge in [-0.2, -0.15) is 10.1 Å². The van der Waals surface area contributed by atoms with Crippen LogP contribution in [0.1, 0.15) is 38.0 Å². The number of hydrogen-bond acceptors (Lipinski definition) is 5. The van der Waals surface area contributed by atoms with E-state index in [4.69, 9.17) is 4.52 Å². The van der Waals surface area contributed by atoms with Gasteiger partial charge in [-0.15, -0.1) is 0 Å². The Morgan fingerprint density at radius 2 is 1.92 bits per heavy atom. The third-order valence-corrected chi connectivity index (χ3v) is 4.62. The largest absolute Gasteiger partial charge is 0.339 e. The molecule has 126 valence electrons. The van der Waals surface area contributed by atoms with Crippen LogP contribution in [0.4, 0.5) is 0 Å². The van der Waals surface area contributed by atoms with Crippen molar-refractivity contribution < 1.29 is 8.73 Å². The summed E-state index contributed by atoms with van der Waals surface area (Å²) >= 11 is 0. The minimum Gasteiger partial charge on any atom is -0.339 e. The molecule has 0 bridgehead atoms. The Morgan fingerprint density at radius 1 is 1.17 bits per heavy atom. The summed E-state index contributed by atoms with van der Waals surface area (Å²) in [4.78, 5) is 4.32. The van der Waals surface area contributed by atoms with Crippen LogP contribution >= 0.6 is 0 Å². The normalized spacial score (nSPS) is 13.1. The lowest BCUT2D eigenvalue weighted by Crippen LogP contribution is -2.11. The van der Waals surface area contributed by atoms with Crippen molar-refractivity contribution in [2.45, 2.75) is 37.7 Å². The van der Waals surface area contributed by atoms with E-state index in [9.17, 15) is 4.21 Å². The van der Waals surface area contributed by atoms with Gasteiger partial charge in [-0.05, 0) is 12.1 Å². The second-order valence-electron chi connectivity index (χ2n) is 6.62.